The number of nitrogens with zero attached hydrogens (tertiary/aromatic N) is 3. The van der Waals surface area contributed by atoms with Gasteiger partial charge in [0, 0.05) is 18.3 Å². The number of carbonyl (C=O) groups excluding carboxylic acids is 2. The summed E-state index contributed by atoms with van der Waals surface area (Å²) in [6.07, 6.45) is 7.64. The lowest BCUT2D eigenvalue weighted by atomic mass is 9.96. The molecule has 0 unspecified atom stereocenters. The molecule has 0 spiro atoms. The number of hydrogen-bond acceptors (Lipinski definition) is 5. The summed E-state index contributed by atoms with van der Waals surface area (Å²) in [5.74, 6) is -2.30. The van der Waals surface area contributed by atoms with Crippen LogP contribution in [0.25, 0.3) is 0 Å². The molecule has 2 aromatic rings. The monoisotopic (exact) mass is 574 g/mol. The largest absolute Gasteiger partial charge is 0.453 e. The number of aromatic nitrogens is 2. The highest BCUT2D eigenvalue weighted by molar-refractivity contribution is 6.74. The molecule has 218 valence electrons. The lowest BCUT2D eigenvalue weighted by Crippen LogP contribution is -2.46. The zero-order valence-electron chi connectivity index (χ0n) is 24.0. The Hall–Kier alpha value is -3.05. The quantitative estimate of drug-likeness (QED) is 0.339. The highest BCUT2D eigenvalue weighted by atomic mass is 28.4. The van der Waals surface area contributed by atoms with Gasteiger partial charge < -0.3 is 19.4 Å². The van der Waals surface area contributed by atoms with Gasteiger partial charge in [0.15, 0.2) is 31.5 Å². The van der Waals surface area contributed by atoms with Gasteiger partial charge in [0.25, 0.3) is 5.91 Å². The molecule has 0 saturated heterocycles. The molecule has 1 aliphatic carbocycles. The minimum Gasteiger partial charge on any atom is -0.453 e. The minimum absolute atomic E-state index is 0.0589. The number of halogens is 2. The Morgan fingerprint density at radius 3 is 2.50 bits per heavy atom. The molecule has 1 N–H and O–H groups in total. The molecule has 2 aliphatic rings. The molecule has 40 heavy (non-hydrogen) atoms. The summed E-state index contributed by atoms with van der Waals surface area (Å²) in [4.78, 5) is 27.9. The molecule has 1 aliphatic heterocycles. The lowest BCUT2D eigenvalue weighted by molar-refractivity contribution is -0.134. The van der Waals surface area contributed by atoms with Crippen LogP contribution in [0.3, 0.4) is 0 Å². The van der Waals surface area contributed by atoms with E-state index in [4.69, 9.17) is 9.16 Å². The average Bonchev–Trinajstić information content (AvgIpc) is 3.61. The summed E-state index contributed by atoms with van der Waals surface area (Å²) in [6, 6.07) is 4.36. The smallest absolute Gasteiger partial charge is 0.251 e. The van der Waals surface area contributed by atoms with E-state index >= 15 is 0 Å². The fraction of sp³-hybridized carbons (Fsp3) is 0.552. The third-order valence-corrected chi connectivity index (χ3v) is 12.8. The van der Waals surface area contributed by atoms with Crippen LogP contribution < -0.4 is 10.1 Å². The summed E-state index contributed by atoms with van der Waals surface area (Å²) in [7, 11) is -1.87. The molecule has 0 bridgehead atoms. The predicted octanol–water partition coefficient (Wildman–Crippen LogP) is 5.88. The van der Waals surface area contributed by atoms with Crippen LogP contribution in [0.15, 0.2) is 42.3 Å². The first-order valence-electron chi connectivity index (χ1n) is 14.0. The van der Waals surface area contributed by atoms with Crippen molar-refractivity contribution in [2.75, 3.05) is 18.5 Å². The average molecular weight is 575 g/mol. The Labute approximate surface area is 235 Å². The fourth-order valence-electron chi connectivity index (χ4n) is 4.86. The third kappa shape index (κ3) is 7.17. The van der Waals surface area contributed by atoms with Gasteiger partial charge in [0.1, 0.15) is 11.8 Å². The molecule has 1 atom stereocenters. The molecular weight excluding hydrogens is 534 g/mol. The van der Waals surface area contributed by atoms with E-state index in [9.17, 15) is 18.4 Å². The van der Waals surface area contributed by atoms with Gasteiger partial charge in [-0.2, -0.15) is 5.10 Å². The van der Waals surface area contributed by atoms with Gasteiger partial charge >= 0.3 is 0 Å². The normalized spacial score (nSPS) is 17.3. The molecule has 1 saturated carbocycles. The maximum Gasteiger partial charge on any atom is 0.251 e. The number of hydrogen-bond donors (Lipinski definition) is 1. The van der Waals surface area contributed by atoms with Crippen molar-refractivity contribution >= 4 is 25.9 Å². The summed E-state index contributed by atoms with van der Waals surface area (Å²) in [5, 5.41) is 7.46. The molecule has 2 heterocycles. The van der Waals surface area contributed by atoms with Crippen molar-refractivity contribution in [3.8, 4) is 5.75 Å². The van der Waals surface area contributed by atoms with Gasteiger partial charge in [-0.05, 0) is 42.6 Å². The van der Waals surface area contributed by atoms with Crippen LogP contribution in [0, 0.1) is 17.6 Å². The van der Waals surface area contributed by atoms with Crippen molar-refractivity contribution < 1.29 is 27.5 Å². The summed E-state index contributed by atoms with van der Waals surface area (Å²) < 4.78 is 41.6. The van der Waals surface area contributed by atoms with Crippen LogP contribution in [0.4, 0.5) is 14.6 Å². The predicted molar refractivity (Wildman–Crippen MR) is 151 cm³/mol. The first kappa shape index (κ1) is 29.9. The van der Waals surface area contributed by atoms with Gasteiger partial charge in [-0.1, -0.05) is 52.5 Å². The van der Waals surface area contributed by atoms with Crippen molar-refractivity contribution in [1.29, 1.82) is 0 Å². The fourth-order valence-corrected chi connectivity index (χ4v) is 5.89. The van der Waals surface area contributed by atoms with E-state index in [-0.39, 0.29) is 23.2 Å². The second-order valence-electron chi connectivity index (χ2n) is 12.2. The van der Waals surface area contributed by atoms with Gasteiger partial charge in [-0.3, -0.25) is 14.3 Å². The van der Waals surface area contributed by atoms with Crippen LogP contribution in [0.1, 0.15) is 52.9 Å². The topological polar surface area (TPSA) is 85.7 Å². The van der Waals surface area contributed by atoms with Crippen LogP contribution >= 0.6 is 0 Å². The van der Waals surface area contributed by atoms with E-state index < -0.39 is 37.7 Å². The summed E-state index contributed by atoms with van der Waals surface area (Å²) in [6.45, 7) is 12.0. The Morgan fingerprint density at radius 2 is 1.85 bits per heavy atom. The molecule has 2 amide bonds. The van der Waals surface area contributed by atoms with Gasteiger partial charge in [0.05, 0.1) is 19.7 Å². The SMILES string of the molecule is CC(C)(C)[Si](C)(C)OCCn1ccc(NC(=O)[C@H](CC2CCCC2)N2CC(Oc3c(F)cccc3F)=CC2=O)n1. The van der Waals surface area contributed by atoms with Crippen molar-refractivity contribution in [3.05, 3.63) is 53.9 Å². The van der Waals surface area contributed by atoms with E-state index in [1.54, 1.807) is 16.9 Å². The van der Waals surface area contributed by atoms with E-state index in [0.29, 0.717) is 31.3 Å². The molecule has 4 rings (SSSR count). The van der Waals surface area contributed by atoms with E-state index in [1.165, 1.54) is 17.0 Å². The number of ether oxygens (including phenoxy) is 1. The van der Waals surface area contributed by atoms with Gasteiger partial charge in [0.2, 0.25) is 5.91 Å². The number of rotatable bonds is 11. The highest BCUT2D eigenvalue weighted by Crippen LogP contribution is 2.36. The number of anilines is 1. The van der Waals surface area contributed by atoms with Crippen LogP contribution in [0.2, 0.25) is 18.1 Å². The Balaban J connectivity index is 1.41. The number of carbonyl (C=O) groups is 2. The Bertz CT molecular complexity index is 1230. The molecular formula is C29H40F2N4O4Si. The molecule has 11 heteroatoms. The second-order valence-corrected chi connectivity index (χ2v) is 17.0. The Morgan fingerprint density at radius 1 is 1.18 bits per heavy atom. The first-order chi connectivity index (χ1) is 18.8. The molecule has 1 aromatic heterocycles. The zero-order chi connectivity index (χ0) is 29.1. The number of benzene rings is 1. The number of para-hydroxylation sites is 1. The zero-order valence-corrected chi connectivity index (χ0v) is 25.0. The van der Waals surface area contributed by atoms with Crippen molar-refractivity contribution in [2.45, 2.75) is 83.6 Å². The minimum atomic E-state index is -1.87. The van der Waals surface area contributed by atoms with Crippen molar-refractivity contribution in [2.24, 2.45) is 5.92 Å². The molecule has 1 aromatic carbocycles. The third-order valence-electron chi connectivity index (χ3n) is 8.24. The molecule has 0 radical (unpaired) electrons. The van der Waals surface area contributed by atoms with Gasteiger partial charge in [-0.15, -0.1) is 0 Å². The van der Waals surface area contributed by atoms with E-state index in [0.717, 1.165) is 37.8 Å². The maximum absolute atomic E-state index is 14.1. The van der Waals surface area contributed by atoms with E-state index in [1.807, 2.05) is 0 Å². The second kappa shape index (κ2) is 12.2. The van der Waals surface area contributed by atoms with Crippen LogP contribution in [-0.4, -0.2) is 54.0 Å². The summed E-state index contributed by atoms with van der Waals surface area (Å²) in [5.41, 5.74) is 0. The molecule has 1 fully saturated rings. The van der Waals surface area contributed by atoms with Crippen molar-refractivity contribution in [1.82, 2.24) is 14.7 Å². The Kier molecular flexibility index (Phi) is 9.14. The highest BCUT2D eigenvalue weighted by Gasteiger charge is 2.38. The van der Waals surface area contributed by atoms with E-state index in [2.05, 4.69) is 44.3 Å². The molecule has 8 nitrogen and oxygen atoms in total. The summed E-state index contributed by atoms with van der Waals surface area (Å²) >= 11 is 0. The van der Waals surface area contributed by atoms with Crippen LogP contribution in [-0.2, 0) is 20.6 Å². The standard InChI is InChI=1S/C29H40F2N4O4Si/c1-29(2,3)40(4,5)38-16-15-34-14-13-25(33-34)32-28(37)24(17-20-9-6-7-10-20)35-19-21(18-26(35)36)39-27-22(30)11-8-12-23(27)31/h8,11-14,18,20,24H,6-7,9-10,15-17,19H2,1-5H3,(H,32,33,37)/t24-/m0/s1. The van der Waals surface area contributed by atoms with Crippen LogP contribution in [0.5, 0.6) is 5.75 Å². The lowest BCUT2D eigenvalue weighted by Gasteiger charge is -2.36. The van der Waals surface area contributed by atoms with Crippen molar-refractivity contribution in [3.63, 3.8) is 0 Å². The number of amides is 2. The van der Waals surface area contributed by atoms with Gasteiger partial charge in [-0.25, -0.2) is 8.78 Å². The number of nitrogens with one attached hydrogen (secondary N) is 1. The first-order valence-corrected chi connectivity index (χ1v) is 16.9. The maximum atomic E-state index is 14.1.